The van der Waals surface area contributed by atoms with Crippen LogP contribution in [0.1, 0.15) is 15.9 Å². The van der Waals surface area contributed by atoms with E-state index in [4.69, 9.17) is 11.5 Å². The van der Waals surface area contributed by atoms with Crippen molar-refractivity contribution in [3.8, 4) is 0 Å². The lowest BCUT2D eigenvalue weighted by molar-refractivity contribution is 0.100. The number of hydrogen-bond acceptors (Lipinski definition) is 3. The Bertz CT molecular complexity index is 297. The molecule has 0 unspecified atom stereocenters. The van der Waals surface area contributed by atoms with E-state index in [9.17, 15) is 4.79 Å². The molecule has 0 aliphatic rings. The van der Waals surface area contributed by atoms with E-state index in [1.807, 2.05) is 12.1 Å². The zero-order chi connectivity index (χ0) is 10.4. The van der Waals surface area contributed by atoms with E-state index in [1.54, 1.807) is 23.9 Å². The minimum atomic E-state index is -0.383. The summed E-state index contributed by atoms with van der Waals surface area (Å²) in [6.07, 6.45) is 0. The number of rotatable bonds is 5. The quantitative estimate of drug-likeness (QED) is 0.712. The van der Waals surface area contributed by atoms with Gasteiger partial charge in [0.1, 0.15) is 0 Å². The zero-order valence-electron chi connectivity index (χ0n) is 7.90. The minimum Gasteiger partial charge on any atom is -0.366 e. The average molecular weight is 210 g/mol. The van der Waals surface area contributed by atoms with Crippen LogP contribution >= 0.6 is 11.8 Å². The first-order chi connectivity index (χ1) is 6.74. The fourth-order valence-corrected chi connectivity index (χ4v) is 1.78. The summed E-state index contributed by atoms with van der Waals surface area (Å²) in [7, 11) is 0. The molecule has 0 fully saturated rings. The molecule has 0 bridgehead atoms. The molecule has 0 saturated carbocycles. The summed E-state index contributed by atoms with van der Waals surface area (Å²) in [5.41, 5.74) is 12.2. The number of benzene rings is 1. The number of hydrogen-bond donors (Lipinski definition) is 2. The van der Waals surface area contributed by atoms with Crippen LogP contribution in [0.2, 0.25) is 0 Å². The van der Waals surface area contributed by atoms with Crippen molar-refractivity contribution in [2.45, 2.75) is 5.75 Å². The van der Waals surface area contributed by atoms with E-state index in [-0.39, 0.29) is 5.91 Å². The van der Waals surface area contributed by atoms with E-state index in [1.165, 1.54) is 5.56 Å². The van der Waals surface area contributed by atoms with Crippen molar-refractivity contribution < 1.29 is 4.79 Å². The molecule has 0 saturated heterocycles. The van der Waals surface area contributed by atoms with Crippen LogP contribution in [-0.2, 0) is 5.75 Å². The molecule has 0 radical (unpaired) electrons. The van der Waals surface area contributed by atoms with Crippen molar-refractivity contribution in [1.29, 1.82) is 0 Å². The standard InChI is InChI=1S/C10H14N2OS/c11-5-6-14-7-8-1-3-9(4-2-8)10(12)13/h1-4H,5-7,11H2,(H2,12,13). The smallest absolute Gasteiger partial charge is 0.248 e. The maximum Gasteiger partial charge on any atom is 0.248 e. The maximum atomic E-state index is 10.8. The summed E-state index contributed by atoms with van der Waals surface area (Å²) in [6, 6.07) is 7.34. The number of amides is 1. The molecule has 0 heterocycles. The van der Waals surface area contributed by atoms with Crippen LogP contribution in [0.4, 0.5) is 0 Å². The number of carbonyl (C=O) groups is 1. The van der Waals surface area contributed by atoms with Gasteiger partial charge in [-0.2, -0.15) is 11.8 Å². The molecule has 14 heavy (non-hydrogen) atoms. The lowest BCUT2D eigenvalue weighted by Crippen LogP contribution is -2.10. The van der Waals surface area contributed by atoms with Gasteiger partial charge in [-0.1, -0.05) is 12.1 Å². The highest BCUT2D eigenvalue weighted by Gasteiger charge is 1.99. The average Bonchev–Trinajstić information content (AvgIpc) is 2.19. The lowest BCUT2D eigenvalue weighted by atomic mass is 10.1. The normalized spacial score (nSPS) is 10.1. The molecule has 76 valence electrons. The van der Waals surface area contributed by atoms with Crippen LogP contribution in [0.3, 0.4) is 0 Å². The molecule has 1 aromatic carbocycles. The van der Waals surface area contributed by atoms with Crippen molar-refractivity contribution in [1.82, 2.24) is 0 Å². The highest BCUT2D eigenvalue weighted by Crippen LogP contribution is 2.12. The molecule has 4 N–H and O–H groups in total. The molecule has 1 rings (SSSR count). The monoisotopic (exact) mass is 210 g/mol. The van der Waals surface area contributed by atoms with Gasteiger partial charge in [0.2, 0.25) is 5.91 Å². The van der Waals surface area contributed by atoms with E-state index in [0.717, 1.165) is 11.5 Å². The van der Waals surface area contributed by atoms with E-state index < -0.39 is 0 Å². The topological polar surface area (TPSA) is 69.1 Å². The number of carbonyl (C=O) groups excluding carboxylic acids is 1. The minimum absolute atomic E-state index is 0.383. The zero-order valence-corrected chi connectivity index (χ0v) is 8.72. The molecular formula is C10H14N2OS. The van der Waals surface area contributed by atoms with Gasteiger partial charge in [0.05, 0.1) is 0 Å². The fraction of sp³-hybridized carbons (Fsp3) is 0.300. The summed E-state index contributed by atoms with van der Waals surface area (Å²) in [5, 5.41) is 0. The van der Waals surface area contributed by atoms with Crippen LogP contribution in [0, 0.1) is 0 Å². The van der Waals surface area contributed by atoms with Crippen molar-refractivity contribution >= 4 is 17.7 Å². The number of nitrogens with two attached hydrogens (primary N) is 2. The first-order valence-electron chi connectivity index (χ1n) is 4.40. The highest BCUT2D eigenvalue weighted by molar-refractivity contribution is 7.98. The van der Waals surface area contributed by atoms with Gasteiger partial charge in [-0.15, -0.1) is 0 Å². The third kappa shape index (κ3) is 3.40. The number of thioether (sulfide) groups is 1. The van der Waals surface area contributed by atoms with E-state index >= 15 is 0 Å². The predicted octanol–water partition coefficient (Wildman–Crippen LogP) is 0.977. The Morgan fingerprint density at radius 1 is 1.29 bits per heavy atom. The molecule has 4 heteroatoms. The van der Waals surface area contributed by atoms with Crippen molar-refractivity contribution in [2.24, 2.45) is 11.5 Å². The molecule has 0 spiro atoms. The van der Waals surface area contributed by atoms with Gasteiger partial charge in [0, 0.05) is 23.6 Å². The molecule has 0 aliphatic carbocycles. The Hall–Kier alpha value is -1.00. The summed E-state index contributed by atoms with van der Waals surface area (Å²) in [5.74, 6) is 1.50. The van der Waals surface area contributed by atoms with Gasteiger partial charge < -0.3 is 11.5 Å². The molecule has 0 aliphatic heterocycles. The van der Waals surface area contributed by atoms with Crippen molar-refractivity contribution in [2.75, 3.05) is 12.3 Å². The Morgan fingerprint density at radius 3 is 2.43 bits per heavy atom. The first kappa shape index (κ1) is 11.1. The first-order valence-corrected chi connectivity index (χ1v) is 5.56. The van der Waals surface area contributed by atoms with Gasteiger partial charge in [0.25, 0.3) is 0 Å². The largest absolute Gasteiger partial charge is 0.366 e. The third-order valence-electron chi connectivity index (χ3n) is 1.77. The Morgan fingerprint density at radius 2 is 1.93 bits per heavy atom. The molecule has 0 aromatic heterocycles. The van der Waals surface area contributed by atoms with Crippen LogP contribution in [0.15, 0.2) is 24.3 Å². The Kier molecular flexibility index (Phi) is 4.49. The van der Waals surface area contributed by atoms with Gasteiger partial charge in [-0.3, -0.25) is 4.79 Å². The maximum absolute atomic E-state index is 10.8. The van der Waals surface area contributed by atoms with Crippen LogP contribution in [0.5, 0.6) is 0 Å². The molecule has 1 aromatic rings. The summed E-state index contributed by atoms with van der Waals surface area (Å²) >= 11 is 1.78. The van der Waals surface area contributed by atoms with Crippen LogP contribution in [0.25, 0.3) is 0 Å². The predicted molar refractivity (Wildman–Crippen MR) is 60.2 cm³/mol. The fourth-order valence-electron chi connectivity index (χ4n) is 1.04. The van der Waals surface area contributed by atoms with Crippen LogP contribution in [-0.4, -0.2) is 18.2 Å². The summed E-state index contributed by atoms with van der Waals surface area (Å²) in [6.45, 7) is 0.698. The Labute approximate surface area is 87.9 Å². The summed E-state index contributed by atoms with van der Waals surface area (Å²) in [4.78, 5) is 10.8. The second-order valence-electron chi connectivity index (χ2n) is 2.90. The number of primary amides is 1. The second kappa shape index (κ2) is 5.67. The molecule has 1 amide bonds. The van der Waals surface area contributed by atoms with E-state index in [2.05, 4.69) is 0 Å². The van der Waals surface area contributed by atoms with Crippen molar-refractivity contribution in [3.63, 3.8) is 0 Å². The van der Waals surface area contributed by atoms with Gasteiger partial charge in [-0.05, 0) is 17.7 Å². The van der Waals surface area contributed by atoms with Gasteiger partial charge in [0.15, 0.2) is 0 Å². The third-order valence-corrected chi connectivity index (χ3v) is 2.83. The van der Waals surface area contributed by atoms with Crippen LogP contribution < -0.4 is 11.5 Å². The second-order valence-corrected chi connectivity index (χ2v) is 4.01. The molecule has 0 atom stereocenters. The van der Waals surface area contributed by atoms with E-state index in [0.29, 0.717) is 12.1 Å². The molecule has 3 nitrogen and oxygen atoms in total. The van der Waals surface area contributed by atoms with Gasteiger partial charge in [-0.25, -0.2) is 0 Å². The SMILES string of the molecule is NCCSCc1ccc(C(N)=O)cc1. The highest BCUT2D eigenvalue weighted by atomic mass is 32.2. The lowest BCUT2D eigenvalue weighted by Gasteiger charge is -2.01. The van der Waals surface area contributed by atoms with Gasteiger partial charge >= 0.3 is 0 Å². The molecular weight excluding hydrogens is 196 g/mol. The summed E-state index contributed by atoms with van der Waals surface area (Å²) < 4.78 is 0. The Balaban J connectivity index is 2.51. The van der Waals surface area contributed by atoms with Crippen molar-refractivity contribution in [3.05, 3.63) is 35.4 Å².